The fourth-order valence-corrected chi connectivity index (χ4v) is 11.7. The molecule has 1 aromatic carbocycles. The van der Waals surface area contributed by atoms with Crippen LogP contribution in [-0.2, 0) is 20.8 Å². The van der Waals surface area contributed by atoms with Crippen LogP contribution in [0.2, 0.25) is 0 Å². The Balaban J connectivity index is 0.924. The normalized spacial score (nSPS) is 41.6. The molecule has 1 aromatic heterocycles. The van der Waals surface area contributed by atoms with E-state index < -0.39 is 0 Å². The third-order valence-electron chi connectivity index (χ3n) is 14.2. The molecule has 4 aliphatic carbocycles. The van der Waals surface area contributed by atoms with Crippen LogP contribution in [0.1, 0.15) is 91.2 Å². The molecule has 2 saturated heterocycles. The van der Waals surface area contributed by atoms with Crippen LogP contribution < -0.4 is 14.2 Å². The Morgan fingerprint density at radius 1 is 0.958 bits per heavy atom. The minimum absolute atomic E-state index is 0.204. The monoisotopic (exact) mass is 661 g/mol. The average molecular weight is 662 g/mol. The lowest BCUT2D eigenvalue weighted by Crippen LogP contribution is -2.52. The Morgan fingerprint density at radius 2 is 1.75 bits per heavy atom. The summed E-state index contributed by atoms with van der Waals surface area (Å²) in [6, 6.07) is 3.74. The topological polar surface area (TPSA) is 86.1 Å². The molecule has 2 aliphatic heterocycles. The molecule has 1 spiro atoms. The van der Waals surface area contributed by atoms with Gasteiger partial charge in [0, 0.05) is 24.5 Å². The highest BCUT2D eigenvalue weighted by Gasteiger charge is 2.68. The molecule has 48 heavy (non-hydrogen) atoms. The summed E-state index contributed by atoms with van der Waals surface area (Å²) in [5.41, 5.74) is 3.84. The number of hydrogen-bond acceptors (Lipinski definition) is 8. The summed E-state index contributed by atoms with van der Waals surface area (Å²) in [6.07, 6.45) is 15.8. The summed E-state index contributed by atoms with van der Waals surface area (Å²) in [4.78, 5) is 0. The summed E-state index contributed by atoms with van der Waals surface area (Å²) < 4.78 is 38.3. The Hall–Kier alpha value is -2.62. The van der Waals surface area contributed by atoms with Crippen molar-refractivity contribution in [2.45, 2.75) is 110 Å². The molecule has 9 nitrogen and oxygen atoms in total. The number of allylic oxidation sites excluding steroid dienone is 1. The minimum Gasteiger partial charge on any atom is -0.493 e. The Morgan fingerprint density at radius 3 is 2.46 bits per heavy atom. The van der Waals surface area contributed by atoms with Crippen molar-refractivity contribution < 1.29 is 28.4 Å². The van der Waals surface area contributed by atoms with Gasteiger partial charge < -0.3 is 28.4 Å². The zero-order valence-corrected chi connectivity index (χ0v) is 30.0. The van der Waals surface area contributed by atoms with Gasteiger partial charge in [0.15, 0.2) is 17.3 Å². The second-order valence-electron chi connectivity index (χ2n) is 16.5. The fraction of sp³-hybridized carbons (Fsp3) is 0.744. The second-order valence-corrected chi connectivity index (χ2v) is 16.5. The Labute approximate surface area is 286 Å². The smallest absolute Gasteiger partial charge is 0.203 e. The van der Waals surface area contributed by atoms with Crippen molar-refractivity contribution in [1.29, 1.82) is 0 Å². The quantitative estimate of drug-likeness (QED) is 0.282. The maximum Gasteiger partial charge on any atom is 0.203 e. The van der Waals surface area contributed by atoms with Crippen molar-refractivity contribution in [3.05, 3.63) is 35.7 Å². The van der Waals surface area contributed by atoms with Crippen LogP contribution in [0, 0.1) is 46.3 Å². The molecule has 0 unspecified atom stereocenters. The zero-order chi connectivity index (χ0) is 33.4. The number of nitrogens with zero attached hydrogens (tertiary/aromatic N) is 3. The molecule has 11 atom stereocenters. The molecule has 0 amide bonds. The van der Waals surface area contributed by atoms with Gasteiger partial charge in [-0.25, -0.2) is 4.68 Å². The number of ether oxygens (including phenoxy) is 6. The van der Waals surface area contributed by atoms with Crippen LogP contribution in [-0.4, -0.2) is 60.9 Å². The van der Waals surface area contributed by atoms with E-state index in [2.05, 4.69) is 44.1 Å². The molecule has 8 rings (SSSR count). The van der Waals surface area contributed by atoms with E-state index in [1.807, 2.05) is 18.3 Å². The first-order valence-corrected chi connectivity index (χ1v) is 18.5. The highest BCUT2D eigenvalue weighted by Crippen LogP contribution is 2.70. The average Bonchev–Trinajstić information content (AvgIpc) is 3.76. The van der Waals surface area contributed by atoms with Crippen molar-refractivity contribution in [1.82, 2.24) is 15.0 Å². The van der Waals surface area contributed by atoms with Crippen molar-refractivity contribution in [3.63, 3.8) is 0 Å². The van der Waals surface area contributed by atoms with Crippen LogP contribution in [0.25, 0.3) is 5.69 Å². The van der Waals surface area contributed by atoms with E-state index in [0.717, 1.165) is 55.0 Å². The van der Waals surface area contributed by atoms with Crippen LogP contribution in [0.5, 0.6) is 17.2 Å². The van der Waals surface area contributed by atoms with Gasteiger partial charge in [-0.1, -0.05) is 44.6 Å². The number of benzene rings is 1. The lowest BCUT2D eigenvalue weighted by atomic mass is 9.47. The molecule has 0 N–H and O–H groups in total. The standard InChI is InChI=1S/C39H55N3O6/c1-23-10-15-39(47-21-23)24(2)35-32(48-39)19-31-29-9-8-25-16-28(11-13-37(25,3)30(29)12-14-38(31,35)4)46-22-26-20-42(41-40-26)27-17-33(43-5)36(45-7)34(18-27)44-6/h8,17-18,20,23-24,28-32,35H,9-16,19,21-22H2,1-7H3/t23-,24+,28+,29-,30+,31+,32+,35+,37+,38+,39-/m1/s1. The van der Waals surface area contributed by atoms with E-state index in [9.17, 15) is 0 Å². The van der Waals surface area contributed by atoms with E-state index in [1.54, 1.807) is 31.6 Å². The first-order chi connectivity index (χ1) is 23.1. The van der Waals surface area contributed by atoms with Gasteiger partial charge in [-0.05, 0) is 91.8 Å². The molecule has 9 heteroatoms. The number of aromatic nitrogens is 3. The molecule has 5 fully saturated rings. The highest BCUT2D eigenvalue weighted by atomic mass is 16.7. The zero-order valence-electron chi connectivity index (χ0n) is 30.0. The summed E-state index contributed by atoms with van der Waals surface area (Å²) >= 11 is 0. The second kappa shape index (κ2) is 12.0. The van der Waals surface area contributed by atoms with E-state index >= 15 is 0 Å². The molecule has 6 aliphatic rings. The molecule has 3 heterocycles. The van der Waals surface area contributed by atoms with E-state index in [1.165, 1.54) is 38.5 Å². The van der Waals surface area contributed by atoms with Gasteiger partial charge in [0.1, 0.15) is 5.69 Å². The van der Waals surface area contributed by atoms with Crippen molar-refractivity contribution in [3.8, 4) is 22.9 Å². The Kier molecular flexibility index (Phi) is 8.15. The summed E-state index contributed by atoms with van der Waals surface area (Å²) in [5.74, 6) is 5.36. The van der Waals surface area contributed by atoms with Gasteiger partial charge in [-0.3, -0.25) is 0 Å². The van der Waals surface area contributed by atoms with E-state index in [-0.39, 0.29) is 17.3 Å². The van der Waals surface area contributed by atoms with Gasteiger partial charge in [-0.2, -0.15) is 0 Å². The molecule has 262 valence electrons. The van der Waals surface area contributed by atoms with E-state index in [4.69, 9.17) is 28.4 Å². The maximum atomic E-state index is 7.00. The van der Waals surface area contributed by atoms with Crippen molar-refractivity contribution >= 4 is 0 Å². The van der Waals surface area contributed by atoms with Crippen LogP contribution >= 0.6 is 0 Å². The lowest BCUT2D eigenvalue weighted by Gasteiger charge is -2.58. The molecule has 0 radical (unpaired) electrons. The first-order valence-electron chi connectivity index (χ1n) is 18.5. The van der Waals surface area contributed by atoms with Gasteiger partial charge in [-0.15, -0.1) is 5.10 Å². The summed E-state index contributed by atoms with van der Waals surface area (Å²) in [7, 11) is 4.82. The predicted molar refractivity (Wildman–Crippen MR) is 181 cm³/mol. The minimum atomic E-state index is -0.332. The molecule has 0 bridgehead atoms. The van der Waals surface area contributed by atoms with Crippen LogP contribution in [0.3, 0.4) is 0 Å². The predicted octanol–water partition coefficient (Wildman–Crippen LogP) is 7.54. The molecular formula is C39H55N3O6. The van der Waals surface area contributed by atoms with Gasteiger partial charge in [0.05, 0.1) is 58.6 Å². The third kappa shape index (κ3) is 4.96. The molecule has 2 aromatic rings. The maximum absolute atomic E-state index is 7.00. The lowest BCUT2D eigenvalue weighted by molar-refractivity contribution is -0.272. The first kappa shape index (κ1) is 32.6. The number of rotatable bonds is 7. The molecule has 3 saturated carbocycles. The largest absolute Gasteiger partial charge is 0.493 e. The van der Waals surface area contributed by atoms with Crippen LogP contribution in [0.15, 0.2) is 30.0 Å². The third-order valence-corrected chi connectivity index (χ3v) is 14.2. The van der Waals surface area contributed by atoms with Crippen LogP contribution in [0.4, 0.5) is 0 Å². The molecular weight excluding hydrogens is 606 g/mol. The summed E-state index contributed by atoms with van der Waals surface area (Å²) in [6.45, 7) is 11.3. The SMILES string of the molecule is COc1cc(-n2cc(CO[C@H]3CC[C@@]4(C)C(=CC[C@H]5[C@@H]6C[C@@H]7O[C@]8(CC[C@@H](C)CO8)[C@@H](C)[C@@H]7[C@@]6(C)CC[C@@H]54)C3)nn2)cc(OC)c1OC. The Bertz CT molecular complexity index is 1520. The van der Waals surface area contributed by atoms with Crippen molar-refractivity contribution in [2.75, 3.05) is 27.9 Å². The summed E-state index contributed by atoms with van der Waals surface area (Å²) in [5, 5.41) is 8.79. The fourth-order valence-electron chi connectivity index (χ4n) is 11.7. The van der Waals surface area contributed by atoms with Gasteiger partial charge in [0.25, 0.3) is 0 Å². The van der Waals surface area contributed by atoms with Gasteiger partial charge in [0.2, 0.25) is 5.75 Å². The highest BCUT2D eigenvalue weighted by molar-refractivity contribution is 5.58. The van der Waals surface area contributed by atoms with E-state index in [0.29, 0.717) is 53.1 Å². The number of methoxy groups -OCH3 is 3. The van der Waals surface area contributed by atoms with Gasteiger partial charge >= 0.3 is 0 Å². The van der Waals surface area contributed by atoms with Crippen molar-refractivity contribution in [2.24, 2.45) is 46.3 Å². The number of hydrogen-bond donors (Lipinski definition) is 0. The number of fused-ring (bicyclic) bond motifs is 7.